The number of aromatic hydroxyl groups is 1. The van der Waals surface area contributed by atoms with Crippen LogP contribution in [0, 0.1) is 0 Å². The van der Waals surface area contributed by atoms with Crippen LogP contribution in [0.25, 0.3) is 6.08 Å². The topological polar surface area (TPSA) is 73.2 Å². The zero-order valence-corrected chi connectivity index (χ0v) is 22.0. The van der Waals surface area contributed by atoms with Crippen molar-refractivity contribution < 1.29 is 19.7 Å². The van der Waals surface area contributed by atoms with Crippen molar-refractivity contribution in [3.05, 3.63) is 62.8 Å². The second-order valence-electron chi connectivity index (χ2n) is 10.2. The van der Waals surface area contributed by atoms with Gasteiger partial charge in [-0.3, -0.25) is 9.69 Å². The number of halogens is 1. The van der Waals surface area contributed by atoms with Gasteiger partial charge in [-0.1, -0.05) is 12.1 Å². The van der Waals surface area contributed by atoms with Crippen LogP contribution in [0.4, 0.5) is 0 Å². The van der Waals surface area contributed by atoms with E-state index >= 15 is 0 Å². The highest BCUT2D eigenvalue weighted by atomic mass is 79.9. The fourth-order valence-corrected chi connectivity index (χ4v) is 8.57. The maximum atomic E-state index is 13.2. The van der Waals surface area contributed by atoms with Gasteiger partial charge >= 0.3 is 0 Å². The fraction of sp³-hybridized carbons (Fsp3) is 0.444. The first-order valence-corrected chi connectivity index (χ1v) is 13.8. The third kappa shape index (κ3) is 3.16. The number of piperidine rings is 1. The molecule has 2 N–H and O–H groups in total. The zero-order valence-electron chi connectivity index (χ0n) is 19.6. The fourth-order valence-electron chi connectivity index (χ4n) is 7.24. The lowest BCUT2D eigenvalue weighted by atomic mass is 9.48. The molecule has 8 heteroatoms. The van der Waals surface area contributed by atoms with Crippen LogP contribution in [-0.4, -0.2) is 69.8 Å². The Labute approximate surface area is 217 Å². The summed E-state index contributed by atoms with van der Waals surface area (Å²) >= 11 is 5.02. The summed E-state index contributed by atoms with van der Waals surface area (Å²) in [6, 6.07) is 5.39. The number of nitrogens with zero attached hydrogens (tertiary/aromatic N) is 2. The van der Waals surface area contributed by atoms with Crippen molar-refractivity contribution in [3.8, 4) is 11.5 Å². The van der Waals surface area contributed by atoms with Gasteiger partial charge in [0.1, 0.15) is 6.10 Å². The van der Waals surface area contributed by atoms with Crippen molar-refractivity contribution in [2.45, 2.75) is 54.9 Å². The molecule has 4 aliphatic rings. The smallest absolute Gasteiger partial charge is 0.246 e. The van der Waals surface area contributed by atoms with Crippen molar-refractivity contribution in [1.29, 1.82) is 0 Å². The Morgan fingerprint density at radius 1 is 1.43 bits per heavy atom. The molecule has 1 saturated carbocycles. The molecule has 2 fully saturated rings. The maximum Gasteiger partial charge on any atom is 0.246 e. The molecule has 1 saturated heterocycles. The highest BCUT2D eigenvalue weighted by Crippen LogP contribution is 2.65. The number of phenols is 1. The van der Waals surface area contributed by atoms with E-state index in [0.29, 0.717) is 31.4 Å². The molecule has 1 aromatic carbocycles. The summed E-state index contributed by atoms with van der Waals surface area (Å²) in [5, 5.41) is 25.2. The summed E-state index contributed by atoms with van der Waals surface area (Å²) in [6.07, 6.45) is 7.55. The average Bonchev–Trinajstić information content (AvgIpc) is 3.41. The van der Waals surface area contributed by atoms with Crippen LogP contribution < -0.4 is 4.74 Å². The van der Waals surface area contributed by atoms with Gasteiger partial charge in [-0.15, -0.1) is 17.9 Å². The summed E-state index contributed by atoms with van der Waals surface area (Å²) in [4.78, 5) is 18.3. The van der Waals surface area contributed by atoms with Crippen LogP contribution in [0.2, 0.25) is 0 Å². The third-order valence-corrected chi connectivity index (χ3v) is 10.4. The first-order valence-electron chi connectivity index (χ1n) is 12.1. The number of carbonyl (C=O) groups excluding carboxylic acids is 1. The SMILES string of the molecule is C=CCN1CC[C@]23c4c5ccc(O)c4OC2C(N(C)C(=O)/C=C/c2cc(Br)cs2)CC[C@@]3(O)[C@H]1C5. The minimum absolute atomic E-state index is 0.0533. The van der Waals surface area contributed by atoms with Gasteiger partial charge in [0.15, 0.2) is 11.5 Å². The minimum Gasteiger partial charge on any atom is -0.504 e. The van der Waals surface area contributed by atoms with Gasteiger partial charge in [0.05, 0.1) is 17.1 Å². The number of thiophene rings is 1. The number of likely N-dealkylation sites (N-methyl/N-ethyl adjacent to an activating group) is 1. The highest BCUT2D eigenvalue weighted by Gasteiger charge is 2.73. The van der Waals surface area contributed by atoms with Gasteiger partial charge in [0, 0.05) is 46.0 Å². The predicted octanol–water partition coefficient (Wildman–Crippen LogP) is 4.10. The molecule has 1 spiro atoms. The second kappa shape index (κ2) is 8.20. The Morgan fingerprint density at radius 3 is 3.00 bits per heavy atom. The molecule has 2 unspecified atom stereocenters. The molecule has 0 radical (unpaired) electrons. The summed E-state index contributed by atoms with van der Waals surface area (Å²) in [6.45, 7) is 5.46. The van der Waals surface area contributed by atoms with Crippen molar-refractivity contribution in [2.75, 3.05) is 20.1 Å². The quantitative estimate of drug-likeness (QED) is 0.428. The van der Waals surface area contributed by atoms with Gasteiger partial charge in [-0.05, 0) is 71.9 Å². The Bertz CT molecular complexity index is 1240. The number of likely N-dealkylation sites (tertiary alicyclic amines) is 1. The Morgan fingerprint density at radius 2 is 2.26 bits per heavy atom. The number of hydrogen-bond donors (Lipinski definition) is 2. The summed E-state index contributed by atoms with van der Waals surface area (Å²) in [5.41, 5.74) is 0.437. The van der Waals surface area contributed by atoms with Crippen LogP contribution in [0.5, 0.6) is 11.5 Å². The van der Waals surface area contributed by atoms with Crippen molar-refractivity contribution in [1.82, 2.24) is 9.80 Å². The van der Waals surface area contributed by atoms with E-state index in [0.717, 1.165) is 33.6 Å². The first kappa shape index (κ1) is 23.3. The van der Waals surface area contributed by atoms with E-state index < -0.39 is 17.1 Å². The Hall–Kier alpha value is -2.13. The van der Waals surface area contributed by atoms with E-state index in [1.807, 2.05) is 36.7 Å². The van der Waals surface area contributed by atoms with E-state index in [9.17, 15) is 15.0 Å². The molecule has 35 heavy (non-hydrogen) atoms. The molecule has 2 aliphatic heterocycles. The first-order chi connectivity index (χ1) is 16.8. The van der Waals surface area contributed by atoms with Crippen LogP contribution in [0.3, 0.4) is 0 Å². The van der Waals surface area contributed by atoms with Crippen molar-refractivity contribution in [3.63, 3.8) is 0 Å². The van der Waals surface area contributed by atoms with E-state index in [2.05, 4.69) is 27.4 Å². The molecule has 2 aliphatic carbocycles. The normalized spacial score (nSPS) is 32.8. The molecular weight excluding hydrogens is 528 g/mol. The molecule has 2 bridgehead atoms. The molecular formula is C27H29BrN2O4S. The molecule has 2 aromatic rings. The van der Waals surface area contributed by atoms with Crippen molar-refractivity contribution >= 4 is 39.2 Å². The second-order valence-corrected chi connectivity index (χ2v) is 12.0. The molecule has 1 amide bonds. The standard InChI is InChI=1S/C27H29BrN2O4S/c1-3-11-30-12-10-26-23-16-4-6-20(31)24(23)34-25(26)19(8-9-27(26,33)21(30)13-16)29(2)22(32)7-5-18-14-17(28)15-35-18/h3-7,14-15,19,21,25,31,33H,1,8-13H2,2H3/b7-5+/t19?,21-,25?,26+,27-/m1/s1. The van der Waals surface area contributed by atoms with Gasteiger partial charge in [0.2, 0.25) is 5.91 Å². The van der Waals surface area contributed by atoms with Crippen LogP contribution in [0.15, 0.2) is 46.8 Å². The summed E-state index contributed by atoms with van der Waals surface area (Å²) in [5.74, 6) is 0.507. The molecule has 3 heterocycles. The molecule has 6 nitrogen and oxygen atoms in total. The number of benzene rings is 1. The van der Waals surface area contributed by atoms with Gasteiger partial charge in [0.25, 0.3) is 0 Å². The van der Waals surface area contributed by atoms with Crippen molar-refractivity contribution in [2.24, 2.45) is 0 Å². The van der Waals surface area contributed by atoms with Crippen LogP contribution in [0.1, 0.15) is 35.3 Å². The lowest BCUT2D eigenvalue weighted by molar-refractivity contribution is -0.198. The van der Waals surface area contributed by atoms with E-state index in [1.54, 1.807) is 28.4 Å². The Balaban J connectivity index is 1.39. The molecule has 184 valence electrons. The number of amides is 1. The molecule has 1 aromatic heterocycles. The zero-order chi connectivity index (χ0) is 24.5. The number of carbonyl (C=O) groups is 1. The molecule has 5 atom stereocenters. The highest BCUT2D eigenvalue weighted by molar-refractivity contribution is 9.10. The van der Waals surface area contributed by atoms with E-state index in [4.69, 9.17) is 4.74 Å². The number of rotatable bonds is 5. The minimum atomic E-state index is -0.996. The van der Waals surface area contributed by atoms with Gasteiger partial charge < -0.3 is 19.8 Å². The number of phenolic OH excluding ortho intramolecular Hbond substituents is 1. The van der Waals surface area contributed by atoms with Gasteiger partial charge in [-0.25, -0.2) is 0 Å². The summed E-state index contributed by atoms with van der Waals surface area (Å²) in [7, 11) is 1.82. The Kier molecular flexibility index (Phi) is 5.45. The lowest BCUT2D eigenvalue weighted by Gasteiger charge is -2.64. The largest absolute Gasteiger partial charge is 0.504 e. The summed E-state index contributed by atoms with van der Waals surface area (Å²) < 4.78 is 7.55. The van der Waals surface area contributed by atoms with Crippen LogP contribution >= 0.6 is 27.3 Å². The monoisotopic (exact) mass is 556 g/mol. The number of hydrogen-bond acceptors (Lipinski definition) is 6. The molecule has 6 rings (SSSR count). The van der Waals surface area contributed by atoms with Gasteiger partial charge in [-0.2, -0.15) is 0 Å². The third-order valence-electron chi connectivity index (χ3n) is 8.73. The van der Waals surface area contributed by atoms with E-state index in [1.165, 1.54) is 0 Å². The predicted molar refractivity (Wildman–Crippen MR) is 140 cm³/mol. The lowest BCUT2D eigenvalue weighted by Crippen LogP contribution is -2.78. The maximum absolute atomic E-state index is 13.2. The van der Waals surface area contributed by atoms with E-state index in [-0.39, 0.29) is 23.7 Å². The average molecular weight is 558 g/mol. The van der Waals surface area contributed by atoms with Crippen LogP contribution in [-0.2, 0) is 16.6 Å². The number of aliphatic hydroxyl groups is 1. The number of ether oxygens (including phenoxy) is 1.